The molecule has 18 heavy (non-hydrogen) atoms. The minimum Gasteiger partial charge on any atom is -0.405 e. The van der Waals surface area contributed by atoms with Crippen molar-refractivity contribution in [2.24, 2.45) is 5.73 Å². The van der Waals surface area contributed by atoms with Gasteiger partial charge in [-0.1, -0.05) is 0 Å². The van der Waals surface area contributed by atoms with Crippen LogP contribution in [0.3, 0.4) is 0 Å². The summed E-state index contributed by atoms with van der Waals surface area (Å²) in [5.74, 6) is -1.03. The van der Waals surface area contributed by atoms with Gasteiger partial charge in [-0.15, -0.1) is 13.2 Å². The zero-order valence-corrected chi connectivity index (χ0v) is 9.95. The van der Waals surface area contributed by atoms with Gasteiger partial charge in [-0.25, -0.2) is 4.98 Å². The zero-order chi connectivity index (χ0) is 14.1. The monoisotopic (exact) mass is 338 g/mol. The van der Waals surface area contributed by atoms with E-state index in [0.29, 0.717) is 0 Å². The fourth-order valence-electron chi connectivity index (χ4n) is 1.06. The molecule has 0 aliphatic rings. The molecule has 102 valence electrons. The van der Waals surface area contributed by atoms with Crippen LogP contribution in [-0.2, 0) is 12.7 Å². The number of nitrogens with zero attached hydrogens (tertiary/aromatic N) is 1. The minimum absolute atomic E-state index is 0.153. The summed E-state index contributed by atoms with van der Waals surface area (Å²) in [7, 11) is 0. The van der Waals surface area contributed by atoms with Gasteiger partial charge in [0.05, 0.1) is 0 Å². The molecule has 0 amide bonds. The van der Waals surface area contributed by atoms with Gasteiger partial charge >= 0.3 is 12.5 Å². The Balaban J connectivity index is 3.33. The zero-order valence-electron chi connectivity index (χ0n) is 8.36. The van der Waals surface area contributed by atoms with E-state index in [9.17, 15) is 26.3 Å². The lowest BCUT2D eigenvalue weighted by atomic mass is 10.2. The lowest BCUT2D eigenvalue weighted by Gasteiger charge is -2.15. The minimum atomic E-state index is -5.12. The number of alkyl halides is 6. The molecule has 1 rings (SSSR count). The second kappa shape index (κ2) is 4.92. The van der Waals surface area contributed by atoms with Crippen LogP contribution < -0.4 is 10.5 Å². The highest BCUT2D eigenvalue weighted by molar-refractivity contribution is 9.10. The molecule has 0 aliphatic heterocycles. The molecule has 1 aromatic heterocycles. The van der Waals surface area contributed by atoms with Crippen LogP contribution in [0, 0.1) is 0 Å². The van der Waals surface area contributed by atoms with Crippen molar-refractivity contribution in [2.75, 3.05) is 0 Å². The molecule has 0 spiro atoms. The van der Waals surface area contributed by atoms with Gasteiger partial charge in [-0.05, 0) is 15.9 Å². The first kappa shape index (κ1) is 15.0. The van der Waals surface area contributed by atoms with E-state index in [1.165, 1.54) is 0 Å². The van der Waals surface area contributed by atoms with Crippen molar-refractivity contribution in [3.8, 4) is 5.75 Å². The normalized spacial score (nSPS) is 12.7. The van der Waals surface area contributed by atoms with Gasteiger partial charge in [0.25, 0.3) is 0 Å². The molecule has 0 aromatic carbocycles. The maximum Gasteiger partial charge on any atom is 0.573 e. The fraction of sp³-hybridized carbons (Fsp3) is 0.375. The summed E-state index contributed by atoms with van der Waals surface area (Å²) in [5, 5.41) is 0. The van der Waals surface area contributed by atoms with E-state index in [1.54, 1.807) is 0 Å². The third-order valence-electron chi connectivity index (χ3n) is 1.75. The van der Waals surface area contributed by atoms with Crippen LogP contribution >= 0.6 is 15.9 Å². The average molecular weight is 339 g/mol. The van der Waals surface area contributed by atoms with E-state index < -0.39 is 35.1 Å². The van der Waals surface area contributed by atoms with E-state index in [4.69, 9.17) is 5.73 Å². The number of halogens is 7. The van der Waals surface area contributed by atoms with Crippen molar-refractivity contribution >= 4 is 15.9 Å². The molecule has 0 radical (unpaired) electrons. The van der Waals surface area contributed by atoms with Gasteiger partial charge in [0.15, 0.2) is 0 Å². The molecule has 3 nitrogen and oxygen atoms in total. The number of aromatic nitrogens is 1. The number of rotatable bonds is 2. The van der Waals surface area contributed by atoms with Crippen LogP contribution in [0.5, 0.6) is 5.75 Å². The molecule has 0 atom stereocenters. The maximum atomic E-state index is 12.4. The van der Waals surface area contributed by atoms with Crippen LogP contribution in [0.25, 0.3) is 0 Å². The van der Waals surface area contributed by atoms with Crippen LogP contribution in [0.4, 0.5) is 26.3 Å². The van der Waals surface area contributed by atoms with Crippen molar-refractivity contribution in [3.63, 3.8) is 0 Å². The van der Waals surface area contributed by atoms with Gasteiger partial charge < -0.3 is 10.5 Å². The number of hydrogen-bond acceptors (Lipinski definition) is 3. The van der Waals surface area contributed by atoms with E-state index in [0.717, 1.165) is 0 Å². The molecular formula is C8H5BrF6N2O. The van der Waals surface area contributed by atoms with E-state index in [2.05, 4.69) is 25.7 Å². The van der Waals surface area contributed by atoms with Crippen LogP contribution in [0.2, 0.25) is 0 Å². The molecule has 2 N–H and O–H groups in total. The van der Waals surface area contributed by atoms with Crippen molar-refractivity contribution in [3.05, 3.63) is 21.9 Å². The standard InChI is InChI=1S/C8H5BrF6N2O/c9-6-3(2-16)4(18-8(13,14)15)1-5(17-6)7(10,11)12/h1H,2,16H2. The topological polar surface area (TPSA) is 48.1 Å². The van der Waals surface area contributed by atoms with Crippen molar-refractivity contribution < 1.29 is 31.1 Å². The van der Waals surface area contributed by atoms with Crippen LogP contribution in [0.15, 0.2) is 10.7 Å². The molecule has 10 heteroatoms. The molecule has 0 aliphatic carbocycles. The Labute approximate surface area is 105 Å². The van der Waals surface area contributed by atoms with Gasteiger partial charge in [0.1, 0.15) is 16.0 Å². The number of hydrogen-bond donors (Lipinski definition) is 1. The third-order valence-corrected chi connectivity index (χ3v) is 2.41. The number of ether oxygens (including phenoxy) is 1. The van der Waals surface area contributed by atoms with Crippen molar-refractivity contribution in [1.29, 1.82) is 0 Å². The molecule has 0 bridgehead atoms. The maximum absolute atomic E-state index is 12.4. The second-order valence-electron chi connectivity index (χ2n) is 3.02. The van der Waals surface area contributed by atoms with Gasteiger partial charge in [-0.3, -0.25) is 0 Å². The molecule has 1 heterocycles. The smallest absolute Gasteiger partial charge is 0.405 e. The highest BCUT2D eigenvalue weighted by Gasteiger charge is 2.37. The van der Waals surface area contributed by atoms with Gasteiger partial charge in [-0.2, -0.15) is 13.2 Å². The quantitative estimate of drug-likeness (QED) is 0.665. The highest BCUT2D eigenvalue weighted by atomic mass is 79.9. The van der Waals surface area contributed by atoms with E-state index in [-0.39, 0.29) is 11.6 Å². The second-order valence-corrected chi connectivity index (χ2v) is 3.78. The fourth-order valence-corrected chi connectivity index (χ4v) is 1.61. The molecule has 0 fully saturated rings. The number of nitrogens with two attached hydrogens (primary N) is 1. The Morgan fingerprint density at radius 2 is 1.78 bits per heavy atom. The summed E-state index contributed by atoms with van der Waals surface area (Å²) in [6, 6.07) is 0.153. The first-order valence-corrected chi connectivity index (χ1v) is 5.06. The first-order chi connectivity index (χ1) is 8.04. The summed E-state index contributed by atoms with van der Waals surface area (Å²) in [6.45, 7) is -0.461. The summed E-state index contributed by atoms with van der Waals surface area (Å²) < 4.78 is 76.3. The predicted molar refractivity (Wildman–Crippen MR) is 51.5 cm³/mol. The summed E-state index contributed by atoms with van der Waals surface area (Å²) in [5.41, 5.74) is 3.32. The Hall–Kier alpha value is -1.03. The molecular weight excluding hydrogens is 334 g/mol. The lowest BCUT2D eigenvalue weighted by Crippen LogP contribution is -2.20. The van der Waals surface area contributed by atoms with E-state index >= 15 is 0 Å². The SMILES string of the molecule is NCc1c(OC(F)(F)F)cc(C(F)(F)F)nc1Br. The van der Waals surface area contributed by atoms with E-state index in [1.807, 2.05) is 0 Å². The van der Waals surface area contributed by atoms with Gasteiger partial charge in [0.2, 0.25) is 0 Å². The summed E-state index contributed by atoms with van der Waals surface area (Å²) in [4.78, 5) is 3.07. The molecule has 0 unspecified atom stereocenters. The lowest BCUT2D eigenvalue weighted by molar-refractivity contribution is -0.275. The van der Waals surface area contributed by atoms with Crippen molar-refractivity contribution in [2.45, 2.75) is 19.1 Å². The highest BCUT2D eigenvalue weighted by Crippen LogP contribution is 2.36. The Morgan fingerprint density at radius 3 is 2.17 bits per heavy atom. The molecule has 0 saturated carbocycles. The average Bonchev–Trinajstić information content (AvgIpc) is 2.13. The molecule has 1 aromatic rings. The third kappa shape index (κ3) is 3.73. The number of pyridine rings is 1. The van der Waals surface area contributed by atoms with Crippen LogP contribution in [-0.4, -0.2) is 11.3 Å². The first-order valence-electron chi connectivity index (χ1n) is 4.27. The Bertz CT molecular complexity index is 444. The molecule has 0 saturated heterocycles. The van der Waals surface area contributed by atoms with Crippen LogP contribution in [0.1, 0.15) is 11.3 Å². The predicted octanol–water partition coefficient (Wildman–Crippen LogP) is 3.22. The Kier molecular flexibility index (Phi) is 4.11. The van der Waals surface area contributed by atoms with Gasteiger partial charge in [0, 0.05) is 18.2 Å². The van der Waals surface area contributed by atoms with Crippen molar-refractivity contribution in [1.82, 2.24) is 4.98 Å². The summed E-state index contributed by atoms with van der Waals surface area (Å²) >= 11 is 2.62. The Morgan fingerprint density at radius 1 is 1.22 bits per heavy atom. The summed E-state index contributed by atoms with van der Waals surface area (Å²) in [6.07, 6.45) is -10.0. The largest absolute Gasteiger partial charge is 0.573 e.